The number of rotatable bonds is 3. The van der Waals surface area contributed by atoms with Crippen LogP contribution >= 0.6 is 0 Å². The number of hydrogen-bond acceptors (Lipinski definition) is 2. The number of carbonyl (C=O) groups is 2. The second-order valence-electron chi connectivity index (χ2n) is 7.26. The number of imide groups is 1. The predicted molar refractivity (Wildman–Crippen MR) is 87.5 cm³/mol. The van der Waals surface area contributed by atoms with Gasteiger partial charge < -0.3 is 4.90 Å². The van der Waals surface area contributed by atoms with Crippen LogP contribution in [0.2, 0.25) is 0 Å². The van der Waals surface area contributed by atoms with Crippen molar-refractivity contribution in [2.24, 2.45) is 5.92 Å². The molecule has 2 aliphatic heterocycles. The van der Waals surface area contributed by atoms with Crippen molar-refractivity contribution < 1.29 is 14.5 Å². The van der Waals surface area contributed by atoms with Gasteiger partial charge in [0, 0.05) is 5.92 Å². The summed E-state index contributed by atoms with van der Waals surface area (Å²) in [7, 11) is 0. The minimum absolute atomic E-state index is 0.109. The molecule has 1 saturated heterocycles. The molecule has 2 fully saturated rings. The topological polar surface area (TPSA) is 41.8 Å². The molecular formula is C19H25N2O2+. The molecule has 4 rings (SSSR count). The van der Waals surface area contributed by atoms with Gasteiger partial charge in [0.2, 0.25) is 0 Å². The van der Waals surface area contributed by atoms with E-state index < -0.39 is 0 Å². The van der Waals surface area contributed by atoms with Crippen LogP contribution in [0.15, 0.2) is 24.3 Å². The lowest BCUT2D eigenvalue weighted by molar-refractivity contribution is -0.935. The van der Waals surface area contributed by atoms with Crippen molar-refractivity contribution in [1.82, 2.24) is 4.90 Å². The summed E-state index contributed by atoms with van der Waals surface area (Å²) in [6, 6.07) is 7.94. The van der Waals surface area contributed by atoms with Crippen molar-refractivity contribution in [1.29, 1.82) is 0 Å². The van der Waals surface area contributed by atoms with Crippen molar-refractivity contribution in [3.05, 3.63) is 35.4 Å². The van der Waals surface area contributed by atoms with Crippen LogP contribution in [0.4, 0.5) is 0 Å². The molecule has 3 atom stereocenters. The van der Waals surface area contributed by atoms with E-state index in [-0.39, 0.29) is 11.8 Å². The second kappa shape index (κ2) is 6.08. The van der Waals surface area contributed by atoms with Gasteiger partial charge in [-0.05, 0) is 44.2 Å². The van der Waals surface area contributed by atoms with Gasteiger partial charge in [0.1, 0.15) is 0 Å². The summed E-state index contributed by atoms with van der Waals surface area (Å²) in [4.78, 5) is 28.0. The van der Waals surface area contributed by atoms with Gasteiger partial charge >= 0.3 is 0 Å². The number of piperidine rings is 1. The molecule has 1 aromatic rings. The molecule has 0 bridgehead atoms. The first-order valence-electron chi connectivity index (χ1n) is 9.05. The number of fused-ring (bicyclic) bond motifs is 2. The van der Waals surface area contributed by atoms with E-state index in [2.05, 4.69) is 0 Å². The maximum atomic E-state index is 12.5. The zero-order valence-electron chi connectivity index (χ0n) is 13.6. The van der Waals surface area contributed by atoms with Crippen LogP contribution in [0.5, 0.6) is 0 Å². The number of hydrogen-bond donors (Lipinski definition) is 1. The largest absolute Gasteiger partial charge is 0.331 e. The number of likely N-dealkylation sites (tertiary alicyclic amines) is 1. The second-order valence-corrected chi connectivity index (χ2v) is 7.26. The Morgan fingerprint density at radius 2 is 1.61 bits per heavy atom. The van der Waals surface area contributed by atoms with Crippen LogP contribution in [0.3, 0.4) is 0 Å². The van der Waals surface area contributed by atoms with Gasteiger partial charge in [0.05, 0.1) is 36.8 Å². The van der Waals surface area contributed by atoms with Crippen LogP contribution in [0.1, 0.15) is 59.2 Å². The first-order chi connectivity index (χ1) is 11.3. The highest BCUT2D eigenvalue weighted by molar-refractivity contribution is 6.21. The molecule has 4 nitrogen and oxygen atoms in total. The highest BCUT2D eigenvalue weighted by atomic mass is 16.2. The summed E-state index contributed by atoms with van der Waals surface area (Å²) in [5.41, 5.74) is 1.14. The third kappa shape index (κ3) is 2.59. The fourth-order valence-electron chi connectivity index (χ4n) is 4.88. The van der Waals surface area contributed by atoms with Gasteiger partial charge in [-0.15, -0.1) is 0 Å². The molecule has 1 unspecified atom stereocenters. The normalized spacial score (nSPS) is 30.3. The molecule has 0 aromatic heterocycles. The molecule has 122 valence electrons. The number of amides is 2. The van der Waals surface area contributed by atoms with E-state index in [9.17, 15) is 9.59 Å². The van der Waals surface area contributed by atoms with E-state index in [0.717, 1.165) is 18.5 Å². The van der Waals surface area contributed by atoms with E-state index >= 15 is 0 Å². The summed E-state index contributed by atoms with van der Waals surface area (Å²) >= 11 is 0. The maximum absolute atomic E-state index is 12.5. The average Bonchev–Trinajstić information content (AvgIpc) is 2.84. The highest BCUT2D eigenvalue weighted by Gasteiger charge is 2.39. The van der Waals surface area contributed by atoms with E-state index in [1.807, 2.05) is 12.1 Å². The fourth-order valence-corrected chi connectivity index (χ4v) is 4.88. The highest BCUT2D eigenvalue weighted by Crippen LogP contribution is 2.28. The molecule has 1 saturated carbocycles. The van der Waals surface area contributed by atoms with Gasteiger partial charge in [-0.2, -0.15) is 0 Å². The molecule has 3 aliphatic rings. The molecule has 0 spiro atoms. The Kier molecular flexibility index (Phi) is 3.93. The molecule has 1 aliphatic carbocycles. The third-order valence-corrected chi connectivity index (χ3v) is 6.04. The summed E-state index contributed by atoms with van der Waals surface area (Å²) in [6.07, 6.45) is 8.09. The number of nitrogens with zero attached hydrogens (tertiary/aromatic N) is 1. The molecule has 2 heterocycles. The Balaban J connectivity index is 1.43. The standard InChI is InChI=1S/C19H24N2O2/c22-18-15-8-2-3-9-16(15)19(23)21(18)13-12-20-11-5-7-14-6-1-4-10-17(14)20/h2-3,8-9,14,17H,1,4-7,10-13H2/p+1/t14-,17-/m0/s1. The summed E-state index contributed by atoms with van der Waals surface area (Å²) in [6.45, 7) is 2.67. The van der Waals surface area contributed by atoms with Crippen LogP contribution < -0.4 is 4.90 Å². The Morgan fingerprint density at radius 3 is 2.35 bits per heavy atom. The molecule has 1 aromatic carbocycles. The summed E-state index contributed by atoms with van der Waals surface area (Å²) in [5, 5.41) is 0. The van der Waals surface area contributed by atoms with E-state index in [1.165, 1.54) is 50.0 Å². The zero-order chi connectivity index (χ0) is 15.8. The van der Waals surface area contributed by atoms with E-state index in [0.29, 0.717) is 17.7 Å². The van der Waals surface area contributed by atoms with Crippen molar-refractivity contribution in [2.45, 2.75) is 44.6 Å². The molecule has 4 heteroatoms. The average molecular weight is 313 g/mol. The number of benzene rings is 1. The molecule has 0 radical (unpaired) electrons. The van der Waals surface area contributed by atoms with Crippen LogP contribution in [-0.2, 0) is 0 Å². The van der Waals surface area contributed by atoms with Crippen molar-refractivity contribution in [2.75, 3.05) is 19.6 Å². The van der Waals surface area contributed by atoms with Crippen LogP contribution in [0, 0.1) is 5.92 Å². The Labute approximate surface area is 137 Å². The van der Waals surface area contributed by atoms with Crippen LogP contribution in [-0.4, -0.2) is 42.4 Å². The van der Waals surface area contributed by atoms with Crippen LogP contribution in [0.25, 0.3) is 0 Å². The lowest BCUT2D eigenvalue weighted by atomic mass is 9.78. The minimum Gasteiger partial charge on any atom is -0.331 e. The van der Waals surface area contributed by atoms with Gasteiger partial charge in [-0.25, -0.2) is 0 Å². The molecule has 1 N–H and O–H groups in total. The van der Waals surface area contributed by atoms with Gasteiger partial charge in [0.15, 0.2) is 0 Å². The van der Waals surface area contributed by atoms with E-state index in [1.54, 1.807) is 17.0 Å². The quantitative estimate of drug-likeness (QED) is 0.860. The maximum Gasteiger partial charge on any atom is 0.261 e. The summed E-state index contributed by atoms with van der Waals surface area (Å²) < 4.78 is 0. The fraction of sp³-hybridized carbons (Fsp3) is 0.579. The monoisotopic (exact) mass is 313 g/mol. The zero-order valence-corrected chi connectivity index (χ0v) is 13.6. The first kappa shape index (κ1) is 14.9. The predicted octanol–water partition coefficient (Wildman–Crippen LogP) is 1.52. The minimum atomic E-state index is -0.109. The molecular weight excluding hydrogens is 288 g/mol. The summed E-state index contributed by atoms with van der Waals surface area (Å²) in [5.74, 6) is 0.652. The molecule has 23 heavy (non-hydrogen) atoms. The Morgan fingerprint density at radius 1 is 0.957 bits per heavy atom. The van der Waals surface area contributed by atoms with Gasteiger partial charge in [0.25, 0.3) is 11.8 Å². The number of quaternary nitrogens is 1. The van der Waals surface area contributed by atoms with Gasteiger partial charge in [-0.3, -0.25) is 14.5 Å². The third-order valence-electron chi connectivity index (χ3n) is 6.04. The smallest absolute Gasteiger partial charge is 0.261 e. The van der Waals surface area contributed by atoms with E-state index in [4.69, 9.17) is 0 Å². The molecule has 2 amide bonds. The lowest BCUT2D eigenvalue weighted by Crippen LogP contribution is -3.18. The first-order valence-corrected chi connectivity index (χ1v) is 9.05. The van der Waals surface area contributed by atoms with Crippen molar-refractivity contribution in [3.8, 4) is 0 Å². The van der Waals surface area contributed by atoms with Gasteiger partial charge in [-0.1, -0.05) is 18.6 Å². The Hall–Kier alpha value is -1.68. The Bertz CT molecular complexity index is 591. The number of carbonyl (C=O) groups excluding carboxylic acids is 2. The lowest BCUT2D eigenvalue weighted by Gasteiger charge is -2.41. The van der Waals surface area contributed by atoms with Crippen molar-refractivity contribution >= 4 is 11.8 Å². The number of nitrogens with one attached hydrogen (secondary N) is 1. The van der Waals surface area contributed by atoms with Crippen molar-refractivity contribution in [3.63, 3.8) is 0 Å². The SMILES string of the molecule is O=C1c2ccccc2C(=O)N1CC[NH+]1CCC[C@@H]2CCCC[C@@H]21.